The monoisotopic (exact) mass is 368 g/mol. The van der Waals surface area contributed by atoms with Crippen molar-refractivity contribution in [3.63, 3.8) is 0 Å². The van der Waals surface area contributed by atoms with E-state index in [2.05, 4.69) is 31.2 Å². The fourth-order valence-electron chi connectivity index (χ4n) is 4.91. The second-order valence-electron chi connectivity index (χ2n) is 8.29. The van der Waals surface area contributed by atoms with Crippen LogP contribution in [-0.4, -0.2) is 70.7 Å². The fourth-order valence-corrected chi connectivity index (χ4v) is 4.91. The number of aliphatic hydroxyl groups excluding tert-OH is 1. The van der Waals surface area contributed by atoms with Gasteiger partial charge in [-0.05, 0) is 18.9 Å². The zero-order valence-corrected chi connectivity index (χ0v) is 15.4. The van der Waals surface area contributed by atoms with Gasteiger partial charge in [0.15, 0.2) is 0 Å². The molecule has 0 radical (unpaired) electrons. The predicted octanol–water partition coefficient (Wildman–Crippen LogP) is 0.523. The number of likely N-dealkylation sites (tertiary alicyclic amines) is 2. The minimum absolute atomic E-state index is 0.0217. The highest BCUT2D eigenvalue weighted by Gasteiger charge is 2.67. The molecular formula is C21H24N2O4. The van der Waals surface area contributed by atoms with E-state index >= 15 is 0 Å². The Morgan fingerprint density at radius 2 is 2.04 bits per heavy atom. The lowest BCUT2D eigenvalue weighted by molar-refractivity contribution is -0.151. The van der Waals surface area contributed by atoms with Crippen molar-refractivity contribution in [2.45, 2.75) is 31.2 Å². The molecule has 1 aromatic rings. The van der Waals surface area contributed by atoms with Crippen LogP contribution in [0.1, 0.15) is 11.1 Å². The van der Waals surface area contributed by atoms with Gasteiger partial charge < -0.3 is 19.6 Å². The van der Waals surface area contributed by atoms with Gasteiger partial charge in [0.25, 0.3) is 0 Å². The van der Waals surface area contributed by atoms with Crippen LogP contribution in [0.4, 0.5) is 0 Å². The van der Waals surface area contributed by atoms with Gasteiger partial charge >= 0.3 is 0 Å². The lowest BCUT2D eigenvalue weighted by Gasteiger charge is -2.39. The number of β-amino-alcohol motifs (C(OH)–C–C–N with tert-alkyl or cyclic N) is 1. The number of hydrogen-bond acceptors (Lipinski definition) is 4. The van der Waals surface area contributed by atoms with Crippen LogP contribution in [0.15, 0.2) is 36.4 Å². The average Bonchev–Trinajstić information content (AvgIpc) is 3.26. The number of carbonyl (C=O) groups excluding carboxylic acids is 2. The molecule has 4 atom stereocenters. The van der Waals surface area contributed by atoms with Crippen molar-refractivity contribution in [2.75, 3.05) is 26.2 Å². The number of rotatable bonds is 4. The quantitative estimate of drug-likeness (QED) is 0.787. The minimum Gasteiger partial charge on any atom is -0.389 e. The van der Waals surface area contributed by atoms with Gasteiger partial charge in [0.1, 0.15) is 5.60 Å². The molecule has 4 aliphatic rings. The first-order chi connectivity index (χ1) is 13.0. The first-order valence-corrected chi connectivity index (χ1v) is 9.65. The molecule has 6 heteroatoms. The Morgan fingerprint density at radius 1 is 1.30 bits per heavy atom. The fraction of sp³-hybridized carbons (Fsp3) is 0.524. The van der Waals surface area contributed by atoms with Crippen LogP contribution in [0.3, 0.4) is 0 Å². The molecule has 2 bridgehead atoms. The molecule has 5 rings (SSSR count). The summed E-state index contributed by atoms with van der Waals surface area (Å²) in [6.07, 6.45) is 3.96. The van der Waals surface area contributed by atoms with Gasteiger partial charge in [-0.3, -0.25) is 9.59 Å². The second kappa shape index (κ2) is 5.91. The Balaban J connectivity index is 1.32. The molecule has 0 aromatic heterocycles. The van der Waals surface area contributed by atoms with Crippen LogP contribution in [0.25, 0.3) is 0 Å². The highest BCUT2D eigenvalue weighted by atomic mass is 16.5. The maximum absolute atomic E-state index is 13.1. The summed E-state index contributed by atoms with van der Waals surface area (Å²) in [6, 6.07) is 8.35. The van der Waals surface area contributed by atoms with Gasteiger partial charge in [-0.15, -0.1) is 0 Å². The van der Waals surface area contributed by atoms with E-state index in [9.17, 15) is 14.7 Å². The summed E-state index contributed by atoms with van der Waals surface area (Å²) in [5.41, 5.74) is 1.77. The maximum atomic E-state index is 13.1. The Kier molecular flexibility index (Phi) is 3.71. The van der Waals surface area contributed by atoms with E-state index in [4.69, 9.17) is 4.74 Å². The lowest BCUT2D eigenvalue weighted by Crippen LogP contribution is -2.57. The molecule has 4 heterocycles. The first-order valence-electron chi connectivity index (χ1n) is 9.65. The SMILES string of the molecule is Cc1ccc(CCN2C[C@@]34C=C[C@@H](O3)C(C(=O)N3CC(O)C3)C4C2=O)cc1. The number of aliphatic hydroxyl groups is 1. The summed E-state index contributed by atoms with van der Waals surface area (Å²) in [6.45, 7) is 3.92. The molecule has 0 saturated carbocycles. The summed E-state index contributed by atoms with van der Waals surface area (Å²) >= 11 is 0. The van der Waals surface area contributed by atoms with Gasteiger partial charge in [0, 0.05) is 19.6 Å². The number of carbonyl (C=O) groups is 2. The number of fused-ring (bicyclic) bond motifs is 1. The maximum Gasteiger partial charge on any atom is 0.230 e. The van der Waals surface area contributed by atoms with Gasteiger partial charge in [-0.1, -0.05) is 42.0 Å². The number of nitrogens with zero attached hydrogens (tertiary/aromatic N) is 2. The predicted molar refractivity (Wildman–Crippen MR) is 97.8 cm³/mol. The molecule has 1 spiro atoms. The van der Waals surface area contributed by atoms with Crippen molar-refractivity contribution in [1.29, 1.82) is 0 Å². The molecule has 4 aliphatic heterocycles. The van der Waals surface area contributed by atoms with E-state index in [0.717, 1.165) is 6.42 Å². The number of hydrogen-bond donors (Lipinski definition) is 1. The number of aryl methyl sites for hydroxylation is 1. The Hall–Kier alpha value is -2.18. The Morgan fingerprint density at radius 3 is 2.74 bits per heavy atom. The standard InChI is InChI=1S/C21H24N2O4/c1-13-2-4-14(5-3-13)7-9-22-12-21-8-6-16(27-21)17(18(21)20(22)26)19(25)23-10-15(24)11-23/h2-6,8,15-18,24H,7,9-12H2,1H3/t16-,17?,18?,21-/m1/s1. The number of ether oxygens (including phenoxy) is 1. The summed E-state index contributed by atoms with van der Waals surface area (Å²) in [7, 11) is 0. The summed E-state index contributed by atoms with van der Waals surface area (Å²) < 4.78 is 6.15. The highest BCUT2D eigenvalue weighted by molar-refractivity contribution is 5.93. The molecule has 142 valence electrons. The van der Waals surface area contributed by atoms with E-state index in [1.165, 1.54) is 11.1 Å². The van der Waals surface area contributed by atoms with Crippen LogP contribution in [0, 0.1) is 18.8 Å². The van der Waals surface area contributed by atoms with Gasteiger partial charge in [-0.25, -0.2) is 0 Å². The Bertz CT molecular complexity index is 814. The van der Waals surface area contributed by atoms with E-state index in [1.54, 1.807) is 4.90 Å². The molecule has 3 saturated heterocycles. The highest BCUT2D eigenvalue weighted by Crippen LogP contribution is 2.52. The van der Waals surface area contributed by atoms with Crippen molar-refractivity contribution in [1.82, 2.24) is 9.80 Å². The van der Waals surface area contributed by atoms with E-state index in [0.29, 0.717) is 26.2 Å². The summed E-state index contributed by atoms with van der Waals surface area (Å²) in [5, 5.41) is 9.50. The summed E-state index contributed by atoms with van der Waals surface area (Å²) in [5.74, 6) is -0.932. The molecule has 27 heavy (non-hydrogen) atoms. The average molecular weight is 368 g/mol. The molecular weight excluding hydrogens is 344 g/mol. The van der Waals surface area contributed by atoms with Crippen molar-refractivity contribution in [2.24, 2.45) is 11.8 Å². The van der Waals surface area contributed by atoms with Crippen LogP contribution >= 0.6 is 0 Å². The second-order valence-corrected chi connectivity index (χ2v) is 8.29. The minimum atomic E-state index is -0.654. The molecule has 1 aromatic carbocycles. The van der Waals surface area contributed by atoms with Crippen molar-refractivity contribution < 1.29 is 19.4 Å². The van der Waals surface area contributed by atoms with Crippen molar-refractivity contribution in [3.05, 3.63) is 47.5 Å². The van der Waals surface area contributed by atoms with E-state index in [-0.39, 0.29) is 17.9 Å². The van der Waals surface area contributed by atoms with Gasteiger partial charge in [0.2, 0.25) is 11.8 Å². The lowest BCUT2D eigenvalue weighted by atomic mass is 9.76. The topological polar surface area (TPSA) is 70.1 Å². The normalized spacial score (nSPS) is 34.3. The van der Waals surface area contributed by atoms with E-state index < -0.39 is 23.5 Å². The molecule has 0 aliphatic carbocycles. The van der Waals surface area contributed by atoms with E-state index in [1.807, 2.05) is 17.1 Å². The third-order valence-corrected chi connectivity index (χ3v) is 6.43. The number of benzene rings is 1. The number of amides is 2. The largest absolute Gasteiger partial charge is 0.389 e. The smallest absolute Gasteiger partial charge is 0.230 e. The van der Waals surface area contributed by atoms with Gasteiger partial charge in [0.05, 0.1) is 30.6 Å². The van der Waals surface area contributed by atoms with Crippen molar-refractivity contribution in [3.8, 4) is 0 Å². The molecule has 2 unspecified atom stereocenters. The molecule has 6 nitrogen and oxygen atoms in total. The zero-order chi connectivity index (χ0) is 18.8. The van der Waals surface area contributed by atoms with Crippen LogP contribution < -0.4 is 0 Å². The van der Waals surface area contributed by atoms with Crippen molar-refractivity contribution >= 4 is 11.8 Å². The van der Waals surface area contributed by atoms with Crippen LogP contribution in [0.2, 0.25) is 0 Å². The van der Waals surface area contributed by atoms with Crippen LogP contribution in [0.5, 0.6) is 0 Å². The van der Waals surface area contributed by atoms with Gasteiger partial charge in [-0.2, -0.15) is 0 Å². The summed E-state index contributed by atoms with van der Waals surface area (Å²) in [4.78, 5) is 29.5. The third kappa shape index (κ3) is 2.54. The Labute approximate surface area is 158 Å². The molecule has 2 amide bonds. The molecule has 3 fully saturated rings. The molecule has 1 N–H and O–H groups in total. The van der Waals surface area contributed by atoms with Crippen LogP contribution in [-0.2, 0) is 20.7 Å². The third-order valence-electron chi connectivity index (χ3n) is 6.43. The zero-order valence-electron chi connectivity index (χ0n) is 15.4. The first kappa shape index (κ1) is 17.0.